The highest BCUT2D eigenvalue weighted by atomic mass is 35.5. The fourth-order valence-electron chi connectivity index (χ4n) is 4.01. The molecule has 1 aliphatic carbocycles. The Balaban J connectivity index is 1.26. The van der Waals surface area contributed by atoms with Crippen LogP contribution in [-0.2, 0) is 0 Å². The first-order chi connectivity index (χ1) is 14.1. The Labute approximate surface area is 175 Å². The maximum absolute atomic E-state index is 14.0. The van der Waals surface area contributed by atoms with Gasteiger partial charge in [-0.1, -0.05) is 11.6 Å². The van der Waals surface area contributed by atoms with Crippen LogP contribution in [-0.4, -0.2) is 35.1 Å². The second-order valence-corrected chi connectivity index (χ2v) is 8.44. The largest absolute Gasteiger partial charge is 0.487 e. The number of aromatic nitrogens is 1. The van der Waals surface area contributed by atoms with E-state index in [1.165, 1.54) is 24.6 Å². The molecule has 1 N–H and O–H groups in total. The number of rotatable bonds is 4. The number of nitrogens with zero attached hydrogens (tertiary/aromatic N) is 3. The molecule has 0 unspecified atom stereocenters. The molecular weight excluding hydrogens is 391 g/mol. The summed E-state index contributed by atoms with van der Waals surface area (Å²) in [6, 6.07) is 7.29. The molecule has 2 aromatic rings. The lowest BCUT2D eigenvalue weighted by Gasteiger charge is -2.39. The zero-order valence-electron chi connectivity index (χ0n) is 16.4. The predicted octanol–water partition coefficient (Wildman–Crippen LogP) is 4.92. The molecule has 3 heterocycles. The normalized spacial score (nSPS) is 19.5. The van der Waals surface area contributed by atoms with Gasteiger partial charge in [0.05, 0.1) is 17.6 Å². The van der Waals surface area contributed by atoms with E-state index in [0.717, 1.165) is 43.1 Å². The van der Waals surface area contributed by atoms with Gasteiger partial charge in [-0.15, -0.1) is 0 Å². The van der Waals surface area contributed by atoms with Crippen molar-refractivity contribution in [3.63, 3.8) is 0 Å². The van der Waals surface area contributed by atoms with E-state index in [4.69, 9.17) is 16.3 Å². The lowest BCUT2D eigenvalue weighted by molar-refractivity contribution is 0.113. The summed E-state index contributed by atoms with van der Waals surface area (Å²) in [4.78, 5) is 9.19. The maximum atomic E-state index is 14.0. The van der Waals surface area contributed by atoms with Crippen molar-refractivity contribution in [3.8, 4) is 5.75 Å². The number of benzene rings is 1. The average Bonchev–Trinajstić information content (AvgIpc) is 3.55. The number of pyridine rings is 1. The molecular formula is C22H24ClFN4O. The van der Waals surface area contributed by atoms with E-state index in [1.54, 1.807) is 12.1 Å². The van der Waals surface area contributed by atoms with Crippen molar-refractivity contribution in [2.24, 2.45) is 0 Å². The Morgan fingerprint density at radius 1 is 1.17 bits per heavy atom. The molecule has 0 spiro atoms. The number of halogens is 2. The first kappa shape index (κ1) is 18.6. The number of likely N-dealkylation sites (tertiary alicyclic amines) is 1. The minimum atomic E-state index is -0.406. The van der Waals surface area contributed by atoms with Crippen LogP contribution in [0.5, 0.6) is 5.75 Å². The van der Waals surface area contributed by atoms with Crippen LogP contribution in [0.4, 0.5) is 15.8 Å². The van der Waals surface area contributed by atoms with Gasteiger partial charge in [0.1, 0.15) is 11.9 Å². The quantitative estimate of drug-likeness (QED) is 0.769. The topological polar surface area (TPSA) is 40.6 Å². The molecule has 29 heavy (non-hydrogen) atoms. The number of anilines is 2. The van der Waals surface area contributed by atoms with Gasteiger partial charge in [0.25, 0.3) is 0 Å². The van der Waals surface area contributed by atoms with E-state index < -0.39 is 5.82 Å². The molecule has 1 saturated carbocycles. The number of ether oxygens (including phenoxy) is 1. The summed E-state index contributed by atoms with van der Waals surface area (Å²) >= 11 is 5.82. The Hall–Kier alpha value is -2.47. The molecule has 1 aromatic carbocycles. The van der Waals surface area contributed by atoms with Gasteiger partial charge in [-0.3, -0.25) is 4.98 Å². The van der Waals surface area contributed by atoms with Gasteiger partial charge in [0.15, 0.2) is 11.6 Å². The number of aryl methyl sites for hydroxylation is 1. The first-order valence-electron chi connectivity index (χ1n) is 10.2. The zero-order chi connectivity index (χ0) is 20.0. The average molecular weight is 415 g/mol. The molecule has 2 fully saturated rings. The van der Waals surface area contributed by atoms with Gasteiger partial charge >= 0.3 is 0 Å². The van der Waals surface area contributed by atoms with Crippen LogP contribution in [0.25, 0.3) is 0 Å². The summed E-state index contributed by atoms with van der Waals surface area (Å²) in [5, 5.41) is 3.93. The predicted molar refractivity (Wildman–Crippen MR) is 113 cm³/mol. The number of hydrogen-bond donors (Lipinski definition) is 1. The maximum Gasteiger partial charge on any atom is 0.166 e. The van der Waals surface area contributed by atoms with E-state index in [1.807, 2.05) is 13.1 Å². The molecule has 5 rings (SSSR count). The highest BCUT2D eigenvalue weighted by molar-refractivity contribution is 6.30. The van der Waals surface area contributed by atoms with Crippen LogP contribution in [0.15, 0.2) is 42.5 Å². The van der Waals surface area contributed by atoms with Crippen molar-refractivity contribution >= 4 is 23.0 Å². The Morgan fingerprint density at radius 3 is 2.69 bits per heavy atom. The van der Waals surface area contributed by atoms with E-state index in [0.29, 0.717) is 11.1 Å². The molecule has 0 bridgehead atoms. The molecule has 0 atom stereocenters. The molecule has 5 nitrogen and oxygen atoms in total. The molecule has 2 aliphatic heterocycles. The number of nitrogens with one attached hydrogen (secondary N) is 1. The van der Waals surface area contributed by atoms with Crippen molar-refractivity contribution in [3.05, 3.63) is 59.0 Å². The van der Waals surface area contributed by atoms with E-state index in [9.17, 15) is 4.39 Å². The Morgan fingerprint density at radius 2 is 1.97 bits per heavy atom. The molecule has 7 heteroatoms. The van der Waals surface area contributed by atoms with Gasteiger partial charge in [0, 0.05) is 48.9 Å². The van der Waals surface area contributed by atoms with Gasteiger partial charge in [-0.2, -0.15) is 0 Å². The molecule has 1 aromatic heterocycles. The SMILES string of the molecule is Cc1cc2c(cn1)NC(N1CCC(Oc3ccc(Cl)cc3F)CC1)=CN2C1CC1. The summed E-state index contributed by atoms with van der Waals surface area (Å²) in [6.45, 7) is 3.73. The van der Waals surface area contributed by atoms with Crippen molar-refractivity contribution in [1.29, 1.82) is 0 Å². The van der Waals surface area contributed by atoms with E-state index >= 15 is 0 Å². The minimum Gasteiger partial charge on any atom is -0.487 e. The molecule has 1 saturated heterocycles. The van der Waals surface area contributed by atoms with Gasteiger partial charge in [-0.05, 0) is 44.0 Å². The minimum absolute atomic E-state index is 0.00209. The highest BCUT2D eigenvalue weighted by Gasteiger charge is 2.34. The van der Waals surface area contributed by atoms with Crippen LogP contribution in [0.2, 0.25) is 5.02 Å². The van der Waals surface area contributed by atoms with Crippen LogP contribution < -0.4 is 15.0 Å². The number of piperidine rings is 1. The van der Waals surface area contributed by atoms with Crippen LogP contribution in [0.1, 0.15) is 31.4 Å². The molecule has 0 radical (unpaired) electrons. The fraction of sp³-hybridized carbons (Fsp3) is 0.409. The van der Waals surface area contributed by atoms with E-state index in [2.05, 4.69) is 32.4 Å². The van der Waals surface area contributed by atoms with Gasteiger partial charge < -0.3 is 19.9 Å². The lowest BCUT2D eigenvalue weighted by Crippen LogP contribution is -2.41. The van der Waals surface area contributed by atoms with Crippen molar-refractivity contribution in [2.75, 3.05) is 23.3 Å². The summed E-state index contributed by atoms with van der Waals surface area (Å²) in [7, 11) is 0. The third kappa shape index (κ3) is 3.86. The van der Waals surface area contributed by atoms with Crippen molar-refractivity contribution in [2.45, 2.75) is 44.8 Å². The van der Waals surface area contributed by atoms with Crippen molar-refractivity contribution in [1.82, 2.24) is 9.88 Å². The van der Waals surface area contributed by atoms with Crippen molar-refractivity contribution < 1.29 is 9.13 Å². The third-order valence-electron chi connectivity index (χ3n) is 5.73. The second kappa shape index (κ2) is 7.41. The zero-order valence-corrected chi connectivity index (χ0v) is 17.1. The molecule has 3 aliphatic rings. The highest BCUT2D eigenvalue weighted by Crippen LogP contribution is 2.40. The third-order valence-corrected chi connectivity index (χ3v) is 5.97. The summed E-state index contributed by atoms with van der Waals surface area (Å²) in [5.74, 6) is 0.973. The Bertz CT molecular complexity index is 954. The van der Waals surface area contributed by atoms with Gasteiger partial charge in [0.2, 0.25) is 0 Å². The van der Waals surface area contributed by atoms with Crippen LogP contribution in [0.3, 0.4) is 0 Å². The summed E-state index contributed by atoms with van der Waals surface area (Å²) in [6.07, 6.45) is 8.29. The first-order valence-corrected chi connectivity index (χ1v) is 10.5. The standard InChI is InChI=1S/C22H24ClFN4O/c1-14-10-20-19(12-25-14)26-22(13-28(20)16-3-4-16)27-8-6-17(7-9-27)29-21-5-2-15(23)11-18(21)24/h2,5,10-13,16-17,26H,3-4,6-9H2,1H3. The number of hydrogen-bond acceptors (Lipinski definition) is 5. The smallest absolute Gasteiger partial charge is 0.166 e. The summed E-state index contributed by atoms with van der Waals surface area (Å²) in [5.41, 5.74) is 3.29. The molecule has 152 valence electrons. The van der Waals surface area contributed by atoms with Crippen LogP contribution in [0, 0.1) is 12.7 Å². The second-order valence-electron chi connectivity index (χ2n) is 8.00. The fourth-order valence-corrected chi connectivity index (χ4v) is 4.17. The summed E-state index contributed by atoms with van der Waals surface area (Å²) < 4.78 is 19.9. The van der Waals surface area contributed by atoms with E-state index in [-0.39, 0.29) is 11.9 Å². The molecule has 0 amide bonds. The van der Waals surface area contributed by atoms with Crippen LogP contribution >= 0.6 is 11.6 Å². The Kier molecular flexibility index (Phi) is 4.74. The number of fused-ring (bicyclic) bond motifs is 1. The monoisotopic (exact) mass is 414 g/mol. The van der Waals surface area contributed by atoms with Gasteiger partial charge in [-0.25, -0.2) is 4.39 Å². The lowest BCUT2D eigenvalue weighted by atomic mass is 10.1.